The minimum absolute atomic E-state index is 0.624. The van der Waals surface area contributed by atoms with Crippen LogP contribution in [0, 0.1) is 6.92 Å². The van der Waals surface area contributed by atoms with Crippen LogP contribution in [-0.2, 0) is 17.8 Å². The fourth-order valence-electron chi connectivity index (χ4n) is 3.16. The Bertz CT molecular complexity index is 983. The highest BCUT2D eigenvalue weighted by Crippen LogP contribution is 2.17. The molecule has 7 nitrogen and oxygen atoms in total. The second kappa shape index (κ2) is 11.8. The maximum Gasteiger partial charge on any atom is 0.195 e. The number of aryl methyl sites for hydroxylation is 1. The second-order valence-electron chi connectivity index (χ2n) is 7.20. The summed E-state index contributed by atoms with van der Waals surface area (Å²) >= 11 is 0. The molecule has 0 unspecified atom stereocenters. The van der Waals surface area contributed by atoms with E-state index in [1.165, 1.54) is 11.1 Å². The van der Waals surface area contributed by atoms with Gasteiger partial charge in [-0.05, 0) is 30.2 Å². The Morgan fingerprint density at radius 1 is 1.10 bits per heavy atom. The van der Waals surface area contributed by atoms with Crippen molar-refractivity contribution in [1.82, 2.24) is 14.9 Å². The smallest absolute Gasteiger partial charge is 0.195 e. The standard InChI is InChI=1S/C24H31N5O2/c1-19-26-11-12-29(19)18-21-8-4-7-20(15-21)17-27-24(25-2)28-22-9-5-10-23(16-22)31-14-6-13-30-3/h4-5,7-12,15-16H,6,13-14,17-18H2,1-3H3,(H2,25,27,28). The summed E-state index contributed by atoms with van der Waals surface area (Å²) in [6, 6.07) is 16.4. The molecule has 0 saturated heterocycles. The summed E-state index contributed by atoms with van der Waals surface area (Å²) in [4.78, 5) is 8.62. The molecular weight excluding hydrogens is 390 g/mol. The first-order valence-electron chi connectivity index (χ1n) is 10.4. The fourth-order valence-corrected chi connectivity index (χ4v) is 3.16. The molecule has 7 heteroatoms. The van der Waals surface area contributed by atoms with Gasteiger partial charge >= 0.3 is 0 Å². The summed E-state index contributed by atoms with van der Waals surface area (Å²) in [7, 11) is 3.46. The number of hydrogen-bond acceptors (Lipinski definition) is 4. The van der Waals surface area contributed by atoms with Crippen LogP contribution in [0.3, 0.4) is 0 Å². The number of aliphatic imine (C=N–C) groups is 1. The molecule has 164 valence electrons. The van der Waals surface area contributed by atoms with Gasteiger partial charge in [0, 0.05) is 64.4 Å². The fraction of sp³-hybridized carbons (Fsp3) is 0.333. The molecule has 0 aliphatic rings. The number of benzene rings is 2. The molecule has 3 rings (SSSR count). The average molecular weight is 422 g/mol. The minimum atomic E-state index is 0.624. The lowest BCUT2D eigenvalue weighted by Crippen LogP contribution is -2.30. The van der Waals surface area contributed by atoms with Gasteiger partial charge in [-0.1, -0.05) is 30.3 Å². The number of guanidine groups is 1. The summed E-state index contributed by atoms with van der Waals surface area (Å²) in [6.07, 6.45) is 4.69. The maximum atomic E-state index is 5.77. The van der Waals surface area contributed by atoms with Crippen molar-refractivity contribution in [3.63, 3.8) is 0 Å². The van der Waals surface area contributed by atoms with E-state index in [9.17, 15) is 0 Å². The van der Waals surface area contributed by atoms with Crippen molar-refractivity contribution in [2.75, 3.05) is 32.7 Å². The molecule has 3 aromatic rings. The largest absolute Gasteiger partial charge is 0.493 e. The van der Waals surface area contributed by atoms with E-state index in [0.29, 0.717) is 25.7 Å². The predicted molar refractivity (Wildman–Crippen MR) is 125 cm³/mol. The summed E-state index contributed by atoms with van der Waals surface area (Å²) in [6.45, 7) is 4.81. The van der Waals surface area contributed by atoms with Crippen molar-refractivity contribution in [1.29, 1.82) is 0 Å². The Morgan fingerprint density at radius 2 is 1.94 bits per heavy atom. The van der Waals surface area contributed by atoms with Crippen LogP contribution in [0.1, 0.15) is 23.4 Å². The highest BCUT2D eigenvalue weighted by atomic mass is 16.5. The molecule has 0 amide bonds. The quantitative estimate of drug-likeness (QED) is 0.296. The van der Waals surface area contributed by atoms with Crippen molar-refractivity contribution >= 4 is 11.6 Å². The molecule has 0 aliphatic heterocycles. The van der Waals surface area contributed by atoms with Gasteiger partial charge in [0.05, 0.1) is 6.61 Å². The summed E-state index contributed by atoms with van der Waals surface area (Å²) in [5.74, 6) is 2.53. The van der Waals surface area contributed by atoms with Gasteiger partial charge in [-0.15, -0.1) is 0 Å². The van der Waals surface area contributed by atoms with Gasteiger partial charge in [0.15, 0.2) is 5.96 Å². The molecule has 1 heterocycles. The van der Waals surface area contributed by atoms with Crippen LogP contribution >= 0.6 is 0 Å². The van der Waals surface area contributed by atoms with E-state index in [1.54, 1.807) is 14.2 Å². The maximum absolute atomic E-state index is 5.77. The molecular formula is C24H31N5O2. The van der Waals surface area contributed by atoms with Crippen molar-refractivity contribution in [3.8, 4) is 5.75 Å². The number of ether oxygens (including phenoxy) is 2. The van der Waals surface area contributed by atoms with Gasteiger partial charge in [0.1, 0.15) is 11.6 Å². The summed E-state index contributed by atoms with van der Waals surface area (Å²) in [5.41, 5.74) is 3.34. The molecule has 0 spiro atoms. The first kappa shape index (κ1) is 22.4. The molecule has 2 N–H and O–H groups in total. The van der Waals surface area contributed by atoms with Crippen LogP contribution in [0.15, 0.2) is 65.9 Å². The lowest BCUT2D eigenvalue weighted by atomic mass is 10.1. The van der Waals surface area contributed by atoms with Crippen LogP contribution in [0.2, 0.25) is 0 Å². The predicted octanol–water partition coefficient (Wildman–Crippen LogP) is 3.84. The minimum Gasteiger partial charge on any atom is -0.493 e. The van der Waals surface area contributed by atoms with Crippen molar-refractivity contribution in [2.45, 2.75) is 26.4 Å². The van der Waals surface area contributed by atoms with E-state index < -0.39 is 0 Å². The lowest BCUT2D eigenvalue weighted by molar-refractivity contribution is 0.172. The number of hydrogen-bond donors (Lipinski definition) is 2. The zero-order valence-electron chi connectivity index (χ0n) is 18.5. The van der Waals surface area contributed by atoms with Gasteiger partial charge in [-0.3, -0.25) is 4.99 Å². The molecule has 0 aliphatic carbocycles. The highest BCUT2D eigenvalue weighted by molar-refractivity contribution is 5.93. The van der Waals surface area contributed by atoms with E-state index in [2.05, 4.69) is 49.4 Å². The molecule has 0 atom stereocenters. The molecule has 0 radical (unpaired) electrons. The highest BCUT2D eigenvalue weighted by Gasteiger charge is 2.04. The Labute approximate surface area is 184 Å². The average Bonchev–Trinajstić information content (AvgIpc) is 3.19. The normalized spacial score (nSPS) is 11.4. The molecule has 0 fully saturated rings. The van der Waals surface area contributed by atoms with Gasteiger partial charge in [-0.25, -0.2) is 4.98 Å². The number of anilines is 1. The van der Waals surface area contributed by atoms with E-state index in [1.807, 2.05) is 43.6 Å². The van der Waals surface area contributed by atoms with E-state index in [0.717, 1.165) is 30.2 Å². The Hall–Kier alpha value is -3.32. The number of imidazole rings is 1. The van der Waals surface area contributed by atoms with Gasteiger partial charge in [0.2, 0.25) is 0 Å². The molecule has 31 heavy (non-hydrogen) atoms. The van der Waals surface area contributed by atoms with Gasteiger partial charge in [-0.2, -0.15) is 0 Å². The Kier molecular flexibility index (Phi) is 8.48. The monoisotopic (exact) mass is 421 g/mol. The molecule has 0 saturated carbocycles. The third-order valence-electron chi connectivity index (χ3n) is 4.81. The van der Waals surface area contributed by atoms with E-state index in [-0.39, 0.29) is 0 Å². The Balaban J connectivity index is 1.54. The number of methoxy groups -OCH3 is 1. The number of nitrogens with zero attached hydrogens (tertiary/aromatic N) is 3. The van der Waals surface area contributed by atoms with Gasteiger partial charge in [0.25, 0.3) is 0 Å². The number of nitrogens with one attached hydrogen (secondary N) is 2. The second-order valence-corrected chi connectivity index (χ2v) is 7.20. The topological polar surface area (TPSA) is 72.7 Å². The third-order valence-corrected chi connectivity index (χ3v) is 4.81. The van der Waals surface area contributed by atoms with Gasteiger partial charge < -0.3 is 24.7 Å². The van der Waals surface area contributed by atoms with Crippen molar-refractivity contribution in [3.05, 3.63) is 77.9 Å². The zero-order valence-corrected chi connectivity index (χ0v) is 18.5. The van der Waals surface area contributed by atoms with Crippen LogP contribution < -0.4 is 15.4 Å². The molecule has 2 aromatic carbocycles. The van der Waals surface area contributed by atoms with E-state index in [4.69, 9.17) is 9.47 Å². The molecule has 0 bridgehead atoms. The van der Waals surface area contributed by atoms with Crippen molar-refractivity contribution in [2.24, 2.45) is 4.99 Å². The van der Waals surface area contributed by atoms with Crippen molar-refractivity contribution < 1.29 is 9.47 Å². The third kappa shape index (κ3) is 7.15. The number of aromatic nitrogens is 2. The summed E-state index contributed by atoms with van der Waals surface area (Å²) < 4.78 is 13.0. The van der Waals surface area contributed by atoms with Crippen LogP contribution in [0.5, 0.6) is 5.75 Å². The first-order chi connectivity index (χ1) is 15.2. The summed E-state index contributed by atoms with van der Waals surface area (Å²) in [5, 5.41) is 6.69. The van der Waals surface area contributed by atoms with E-state index >= 15 is 0 Å². The first-order valence-corrected chi connectivity index (χ1v) is 10.4. The lowest BCUT2D eigenvalue weighted by Gasteiger charge is -2.14. The van der Waals surface area contributed by atoms with Crippen LogP contribution in [0.25, 0.3) is 0 Å². The van der Waals surface area contributed by atoms with Crippen LogP contribution in [0.4, 0.5) is 5.69 Å². The Morgan fingerprint density at radius 3 is 2.71 bits per heavy atom. The number of rotatable bonds is 10. The SMILES string of the molecule is CN=C(NCc1cccc(Cn2ccnc2C)c1)Nc1cccc(OCCCOC)c1. The zero-order chi connectivity index (χ0) is 21.9. The molecule has 1 aromatic heterocycles. The van der Waals surface area contributed by atoms with Crippen LogP contribution in [-0.4, -0.2) is 42.9 Å².